The summed E-state index contributed by atoms with van der Waals surface area (Å²) in [6.07, 6.45) is 2.22. The van der Waals surface area contributed by atoms with Gasteiger partial charge >= 0.3 is 0 Å². The minimum atomic E-state index is 0.524. The molecular formula is C21H29NO2. The molecule has 0 unspecified atom stereocenters. The average molecular weight is 327 g/mol. The van der Waals surface area contributed by atoms with Crippen molar-refractivity contribution in [1.82, 2.24) is 4.90 Å². The van der Waals surface area contributed by atoms with Gasteiger partial charge in [-0.1, -0.05) is 24.3 Å². The molecule has 0 fully saturated rings. The third kappa shape index (κ3) is 5.00. The van der Waals surface area contributed by atoms with E-state index in [9.17, 15) is 0 Å². The molecule has 0 aliphatic rings. The summed E-state index contributed by atoms with van der Waals surface area (Å²) < 4.78 is 11.6. The molecule has 0 spiro atoms. The summed E-state index contributed by atoms with van der Waals surface area (Å²) in [5, 5.41) is 0. The lowest BCUT2D eigenvalue weighted by molar-refractivity contribution is 0.292. The summed E-state index contributed by atoms with van der Waals surface area (Å²) >= 11 is 0. The molecule has 0 N–H and O–H groups in total. The van der Waals surface area contributed by atoms with Crippen LogP contribution in [0.2, 0.25) is 0 Å². The van der Waals surface area contributed by atoms with Gasteiger partial charge in [0.05, 0.1) is 7.11 Å². The molecule has 0 amide bonds. The summed E-state index contributed by atoms with van der Waals surface area (Å²) in [6.45, 7) is 5.78. The molecule has 3 nitrogen and oxygen atoms in total. The van der Waals surface area contributed by atoms with Crippen molar-refractivity contribution in [2.75, 3.05) is 27.7 Å². The topological polar surface area (TPSA) is 21.7 Å². The van der Waals surface area contributed by atoms with Crippen LogP contribution in [0.15, 0.2) is 36.4 Å². The van der Waals surface area contributed by atoms with Crippen LogP contribution in [0.25, 0.3) is 0 Å². The summed E-state index contributed by atoms with van der Waals surface area (Å²) in [5.74, 6) is 1.86. The Labute approximate surface area is 146 Å². The van der Waals surface area contributed by atoms with Gasteiger partial charge in [0.25, 0.3) is 0 Å². The second kappa shape index (κ2) is 8.74. The van der Waals surface area contributed by atoms with Crippen LogP contribution in [0, 0.1) is 13.8 Å². The highest BCUT2D eigenvalue weighted by Gasteiger charge is 2.08. The largest absolute Gasteiger partial charge is 0.496 e. The standard InChI is InChI=1S/C21H29NO2/c1-16-8-6-9-17(2)21(16)24-15-19-14-18(10-7-13-22(3)4)11-12-20(19)23-5/h6,8-9,11-12,14H,7,10,13,15H2,1-5H3. The fourth-order valence-electron chi connectivity index (χ4n) is 2.88. The van der Waals surface area contributed by atoms with Crippen molar-refractivity contribution < 1.29 is 9.47 Å². The smallest absolute Gasteiger partial charge is 0.125 e. The fourth-order valence-corrected chi connectivity index (χ4v) is 2.88. The molecular weight excluding hydrogens is 298 g/mol. The lowest BCUT2D eigenvalue weighted by atomic mass is 10.1. The van der Waals surface area contributed by atoms with Gasteiger partial charge in [-0.05, 0) is 76.2 Å². The highest BCUT2D eigenvalue weighted by molar-refractivity contribution is 5.41. The van der Waals surface area contributed by atoms with Gasteiger partial charge in [0.1, 0.15) is 18.1 Å². The van der Waals surface area contributed by atoms with E-state index >= 15 is 0 Å². The van der Waals surface area contributed by atoms with E-state index in [0.717, 1.165) is 47.6 Å². The number of rotatable bonds is 8. The van der Waals surface area contributed by atoms with Crippen LogP contribution in [0.5, 0.6) is 11.5 Å². The quantitative estimate of drug-likeness (QED) is 0.718. The monoisotopic (exact) mass is 327 g/mol. The molecule has 0 aliphatic heterocycles. The molecule has 0 heterocycles. The maximum Gasteiger partial charge on any atom is 0.125 e. The van der Waals surface area contributed by atoms with Crippen LogP contribution in [0.1, 0.15) is 28.7 Å². The molecule has 0 saturated heterocycles. The van der Waals surface area contributed by atoms with Crippen LogP contribution < -0.4 is 9.47 Å². The molecule has 130 valence electrons. The van der Waals surface area contributed by atoms with E-state index in [0.29, 0.717) is 6.61 Å². The summed E-state index contributed by atoms with van der Waals surface area (Å²) in [5.41, 5.74) is 4.76. The van der Waals surface area contributed by atoms with Crippen molar-refractivity contribution in [3.63, 3.8) is 0 Å². The Morgan fingerprint density at radius 2 is 1.71 bits per heavy atom. The van der Waals surface area contributed by atoms with Crippen molar-refractivity contribution in [3.8, 4) is 11.5 Å². The normalized spacial score (nSPS) is 10.9. The summed E-state index contributed by atoms with van der Waals surface area (Å²) in [7, 11) is 5.93. The number of benzene rings is 2. The summed E-state index contributed by atoms with van der Waals surface area (Å²) in [4.78, 5) is 2.22. The van der Waals surface area contributed by atoms with Crippen molar-refractivity contribution >= 4 is 0 Å². The van der Waals surface area contributed by atoms with Crippen molar-refractivity contribution in [1.29, 1.82) is 0 Å². The van der Waals surface area contributed by atoms with Gasteiger partial charge in [-0.15, -0.1) is 0 Å². The van der Waals surface area contributed by atoms with Gasteiger partial charge in [0, 0.05) is 5.56 Å². The van der Waals surface area contributed by atoms with E-state index in [-0.39, 0.29) is 0 Å². The van der Waals surface area contributed by atoms with E-state index in [1.807, 2.05) is 6.07 Å². The first kappa shape index (κ1) is 18.3. The summed E-state index contributed by atoms with van der Waals surface area (Å²) in [6, 6.07) is 12.6. The van der Waals surface area contributed by atoms with E-state index in [4.69, 9.17) is 9.47 Å². The first-order valence-electron chi connectivity index (χ1n) is 8.50. The van der Waals surface area contributed by atoms with Crippen molar-refractivity contribution in [2.24, 2.45) is 0 Å². The number of para-hydroxylation sites is 1. The number of aryl methyl sites for hydroxylation is 3. The molecule has 0 bridgehead atoms. The van der Waals surface area contributed by atoms with E-state index in [2.05, 4.69) is 63.2 Å². The number of hydrogen-bond donors (Lipinski definition) is 0. The lowest BCUT2D eigenvalue weighted by Crippen LogP contribution is -2.13. The second-order valence-corrected chi connectivity index (χ2v) is 6.56. The fraction of sp³-hybridized carbons (Fsp3) is 0.429. The Balaban J connectivity index is 2.10. The minimum absolute atomic E-state index is 0.524. The third-order valence-corrected chi connectivity index (χ3v) is 4.20. The van der Waals surface area contributed by atoms with Gasteiger partial charge < -0.3 is 14.4 Å². The SMILES string of the molecule is COc1ccc(CCCN(C)C)cc1COc1c(C)cccc1C. The van der Waals surface area contributed by atoms with E-state index in [1.54, 1.807) is 7.11 Å². The predicted molar refractivity (Wildman–Crippen MR) is 100 cm³/mol. The molecule has 0 aromatic heterocycles. The van der Waals surface area contributed by atoms with Gasteiger partial charge in [-0.3, -0.25) is 0 Å². The highest BCUT2D eigenvalue weighted by atomic mass is 16.5. The zero-order valence-corrected chi connectivity index (χ0v) is 15.6. The number of nitrogens with zero attached hydrogens (tertiary/aromatic N) is 1. The van der Waals surface area contributed by atoms with Crippen LogP contribution in [-0.2, 0) is 13.0 Å². The Morgan fingerprint density at radius 3 is 2.33 bits per heavy atom. The van der Waals surface area contributed by atoms with E-state index in [1.165, 1.54) is 5.56 Å². The van der Waals surface area contributed by atoms with Gasteiger partial charge in [-0.25, -0.2) is 0 Å². The zero-order chi connectivity index (χ0) is 17.5. The third-order valence-electron chi connectivity index (χ3n) is 4.20. The van der Waals surface area contributed by atoms with E-state index < -0.39 is 0 Å². The molecule has 0 saturated carbocycles. The molecule has 2 rings (SSSR count). The van der Waals surface area contributed by atoms with Crippen LogP contribution >= 0.6 is 0 Å². The number of hydrogen-bond acceptors (Lipinski definition) is 3. The molecule has 0 atom stereocenters. The maximum absolute atomic E-state index is 6.11. The predicted octanol–water partition coefficient (Wildman–Crippen LogP) is 4.39. The van der Waals surface area contributed by atoms with Gasteiger partial charge in [0.15, 0.2) is 0 Å². The molecule has 2 aromatic carbocycles. The Kier molecular flexibility index (Phi) is 6.68. The molecule has 24 heavy (non-hydrogen) atoms. The highest BCUT2D eigenvalue weighted by Crippen LogP contribution is 2.26. The Morgan fingerprint density at radius 1 is 1.00 bits per heavy atom. The van der Waals surface area contributed by atoms with Gasteiger partial charge in [-0.2, -0.15) is 0 Å². The Hall–Kier alpha value is -2.00. The van der Waals surface area contributed by atoms with Crippen molar-refractivity contribution in [3.05, 3.63) is 58.7 Å². The molecule has 0 aliphatic carbocycles. The molecule has 2 aromatic rings. The van der Waals surface area contributed by atoms with Crippen LogP contribution in [0.3, 0.4) is 0 Å². The average Bonchev–Trinajstić information content (AvgIpc) is 2.54. The van der Waals surface area contributed by atoms with Crippen LogP contribution in [-0.4, -0.2) is 32.6 Å². The van der Waals surface area contributed by atoms with Gasteiger partial charge in [0.2, 0.25) is 0 Å². The second-order valence-electron chi connectivity index (χ2n) is 6.56. The lowest BCUT2D eigenvalue weighted by Gasteiger charge is -2.15. The Bertz CT molecular complexity index is 645. The maximum atomic E-state index is 6.11. The first-order valence-corrected chi connectivity index (χ1v) is 8.50. The first-order chi connectivity index (χ1) is 11.5. The number of methoxy groups -OCH3 is 1. The molecule has 3 heteroatoms. The molecule has 0 radical (unpaired) electrons. The number of ether oxygens (including phenoxy) is 2. The van der Waals surface area contributed by atoms with Crippen LogP contribution in [0.4, 0.5) is 0 Å². The van der Waals surface area contributed by atoms with Crippen molar-refractivity contribution in [2.45, 2.75) is 33.3 Å². The minimum Gasteiger partial charge on any atom is -0.496 e. The zero-order valence-electron chi connectivity index (χ0n) is 15.6.